The number of benzene rings is 2. The van der Waals surface area contributed by atoms with Crippen molar-refractivity contribution >= 4 is 27.3 Å². The topological polar surface area (TPSA) is 75.3 Å². The zero-order valence-electron chi connectivity index (χ0n) is 13.6. The molecular weight excluding hydrogens is 312 g/mol. The van der Waals surface area contributed by atoms with Crippen LogP contribution in [0.25, 0.3) is 0 Å². The van der Waals surface area contributed by atoms with Gasteiger partial charge in [-0.25, -0.2) is 8.42 Å². The summed E-state index contributed by atoms with van der Waals surface area (Å²) >= 11 is 0. The van der Waals surface area contributed by atoms with Crippen molar-refractivity contribution in [2.75, 3.05) is 16.3 Å². The fourth-order valence-electron chi connectivity index (χ4n) is 2.18. The fourth-order valence-corrected chi connectivity index (χ4v) is 2.81. The van der Waals surface area contributed by atoms with Gasteiger partial charge in [-0.1, -0.05) is 12.1 Å². The molecule has 0 heterocycles. The van der Waals surface area contributed by atoms with Gasteiger partial charge in [0.1, 0.15) is 0 Å². The molecule has 2 aromatic carbocycles. The Labute approximate surface area is 136 Å². The number of rotatable bonds is 4. The molecule has 0 aromatic heterocycles. The molecule has 0 radical (unpaired) electrons. The van der Waals surface area contributed by atoms with Crippen LogP contribution in [0.15, 0.2) is 36.4 Å². The highest BCUT2D eigenvalue weighted by Gasteiger charge is 2.11. The summed E-state index contributed by atoms with van der Waals surface area (Å²) in [4.78, 5) is 12.4. The lowest BCUT2D eigenvalue weighted by Gasteiger charge is -2.12. The van der Waals surface area contributed by atoms with E-state index in [4.69, 9.17) is 0 Å². The highest BCUT2D eigenvalue weighted by Crippen LogP contribution is 2.20. The number of carbonyl (C=O) groups is 1. The summed E-state index contributed by atoms with van der Waals surface area (Å²) in [5.41, 5.74) is 4.44. The Kier molecular flexibility index (Phi) is 4.75. The average Bonchev–Trinajstić information content (AvgIpc) is 2.43. The summed E-state index contributed by atoms with van der Waals surface area (Å²) in [6, 6.07) is 10.7. The SMILES string of the molecule is Cc1ccc(C)c(NC(=O)c2ccc(NS(C)(=O)=O)c(C)c2)c1. The van der Waals surface area contributed by atoms with Crippen molar-refractivity contribution in [1.82, 2.24) is 0 Å². The number of aryl methyl sites for hydroxylation is 3. The van der Waals surface area contributed by atoms with Gasteiger partial charge in [0.15, 0.2) is 0 Å². The average molecular weight is 332 g/mol. The third kappa shape index (κ3) is 4.56. The quantitative estimate of drug-likeness (QED) is 0.902. The summed E-state index contributed by atoms with van der Waals surface area (Å²) in [7, 11) is -3.34. The minimum Gasteiger partial charge on any atom is -0.322 e. The monoisotopic (exact) mass is 332 g/mol. The molecule has 1 amide bonds. The van der Waals surface area contributed by atoms with Gasteiger partial charge in [0.2, 0.25) is 10.0 Å². The van der Waals surface area contributed by atoms with Crippen molar-refractivity contribution < 1.29 is 13.2 Å². The van der Waals surface area contributed by atoms with Crippen molar-refractivity contribution in [2.24, 2.45) is 0 Å². The molecule has 2 aromatic rings. The lowest BCUT2D eigenvalue weighted by Crippen LogP contribution is -2.14. The first-order valence-corrected chi connectivity index (χ1v) is 9.02. The van der Waals surface area contributed by atoms with Crippen molar-refractivity contribution in [3.05, 3.63) is 58.7 Å². The molecule has 0 bridgehead atoms. The second-order valence-corrected chi connectivity index (χ2v) is 7.42. The molecule has 0 atom stereocenters. The molecule has 0 aliphatic rings. The third-order valence-corrected chi connectivity index (χ3v) is 4.02. The third-order valence-electron chi connectivity index (χ3n) is 3.43. The van der Waals surface area contributed by atoms with Crippen LogP contribution in [0.2, 0.25) is 0 Å². The molecule has 0 aliphatic heterocycles. The van der Waals surface area contributed by atoms with E-state index in [1.807, 2.05) is 32.0 Å². The molecule has 23 heavy (non-hydrogen) atoms. The van der Waals surface area contributed by atoms with E-state index in [0.29, 0.717) is 16.8 Å². The minimum atomic E-state index is -3.34. The van der Waals surface area contributed by atoms with Gasteiger partial charge in [-0.05, 0) is 61.7 Å². The Morgan fingerprint density at radius 1 is 0.913 bits per heavy atom. The van der Waals surface area contributed by atoms with Crippen LogP contribution < -0.4 is 10.0 Å². The zero-order chi connectivity index (χ0) is 17.2. The van der Waals surface area contributed by atoms with E-state index in [1.165, 1.54) is 0 Å². The first-order valence-electron chi connectivity index (χ1n) is 7.13. The van der Waals surface area contributed by atoms with Crippen LogP contribution in [0.5, 0.6) is 0 Å². The second kappa shape index (κ2) is 6.42. The number of hydrogen-bond donors (Lipinski definition) is 2. The van der Waals surface area contributed by atoms with E-state index >= 15 is 0 Å². The van der Waals surface area contributed by atoms with Crippen LogP contribution in [-0.2, 0) is 10.0 Å². The van der Waals surface area contributed by atoms with E-state index in [1.54, 1.807) is 25.1 Å². The maximum Gasteiger partial charge on any atom is 0.255 e. The Bertz CT molecular complexity index is 858. The Morgan fingerprint density at radius 2 is 1.61 bits per heavy atom. The number of sulfonamides is 1. The molecule has 5 nitrogen and oxygen atoms in total. The number of nitrogens with one attached hydrogen (secondary N) is 2. The molecule has 6 heteroatoms. The summed E-state index contributed by atoms with van der Waals surface area (Å²) in [6.07, 6.45) is 1.09. The molecule has 2 rings (SSSR count). The summed E-state index contributed by atoms with van der Waals surface area (Å²) in [5.74, 6) is -0.229. The van der Waals surface area contributed by atoms with Gasteiger partial charge in [0.05, 0.1) is 11.9 Å². The standard InChI is InChI=1S/C17H20N2O3S/c1-11-5-6-12(2)16(9-11)18-17(20)14-7-8-15(13(3)10-14)19-23(4,21)22/h5-10,19H,1-4H3,(H,18,20). The van der Waals surface area contributed by atoms with Crippen LogP contribution in [-0.4, -0.2) is 20.6 Å². The smallest absolute Gasteiger partial charge is 0.255 e. The summed E-state index contributed by atoms with van der Waals surface area (Å²) < 4.78 is 25.0. The zero-order valence-corrected chi connectivity index (χ0v) is 14.4. The van der Waals surface area contributed by atoms with Crippen molar-refractivity contribution in [1.29, 1.82) is 0 Å². The Morgan fingerprint density at radius 3 is 2.22 bits per heavy atom. The predicted octanol–water partition coefficient (Wildman–Crippen LogP) is 3.24. The molecule has 2 N–H and O–H groups in total. The Hall–Kier alpha value is -2.34. The summed E-state index contributed by atoms with van der Waals surface area (Å²) in [5, 5.41) is 2.88. The fraction of sp³-hybridized carbons (Fsp3) is 0.235. The van der Waals surface area contributed by atoms with Gasteiger partial charge in [-0.3, -0.25) is 9.52 Å². The number of anilines is 2. The lowest BCUT2D eigenvalue weighted by molar-refractivity contribution is 0.102. The predicted molar refractivity (Wildman–Crippen MR) is 93.5 cm³/mol. The largest absolute Gasteiger partial charge is 0.322 e. The van der Waals surface area contributed by atoms with Gasteiger partial charge < -0.3 is 5.32 Å². The van der Waals surface area contributed by atoms with Gasteiger partial charge >= 0.3 is 0 Å². The Balaban J connectivity index is 2.23. The van der Waals surface area contributed by atoms with Gasteiger partial charge in [-0.15, -0.1) is 0 Å². The van der Waals surface area contributed by atoms with Crippen LogP contribution >= 0.6 is 0 Å². The van der Waals surface area contributed by atoms with Crippen LogP contribution in [0.3, 0.4) is 0 Å². The summed E-state index contributed by atoms with van der Waals surface area (Å²) in [6.45, 7) is 5.65. The van der Waals surface area contributed by atoms with Crippen molar-refractivity contribution in [3.8, 4) is 0 Å². The van der Waals surface area contributed by atoms with Crippen molar-refractivity contribution in [3.63, 3.8) is 0 Å². The maximum absolute atomic E-state index is 12.4. The second-order valence-electron chi connectivity index (χ2n) is 5.68. The van der Waals surface area contributed by atoms with Gasteiger partial charge in [0.25, 0.3) is 5.91 Å². The van der Waals surface area contributed by atoms with Gasteiger partial charge in [0, 0.05) is 11.3 Å². The lowest BCUT2D eigenvalue weighted by atomic mass is 10.1. The van der Waals surface area contributed by atoms with Crippen LogP contribution in [0.4, 0.5) is 11.4 Å². The molecule has 0 saturated carbocycles. The van der Waals surface area contributed by atoms with Crippen molar-refractivity contribution in [2.45, 2.75) is 20.8 Å². The van der Waals surface area contributed by atoms with E-state index in [9.17, 15) is 13.2 Å². The van der Waals surface area contributed by atoms with Crippen LogP contribution in [0, 0.1) is 20.8 Å². The van der Waals surface area contributed by atoms with E-state index < -0.39 is 10.0 Å². The molecule has 0 spiro atoms. The van der Waals surface area contributed by atoms with Gasteiger partial charge in [-0.2, -0.15) is 0 Å². The van der Waals surface area contributed by atoms with E-state index in [2.05, 4.69) is 10.0 Å². The van der Waals surface area contributed by atoms with E-state index in [0.717, 1.165) is 23.1 Å². The molecular formula is C17H20N2O3S. The number of hydrogen-bond acceptors (Lipinski definition) is 3. The molecule has 0 unspecified atom stereocenters. The highest BCUT2D eigenvalue weighted by atomic mass is 32.2. The highest BCUT2D eigenvalue weighted by molar-refractivity contribution is 7.92. The molecule has 0 saturated heterocycles. The number of amides is 1. The maximum atomic E-state index is 12.4. The van der Waals surface area contributed by atoms with E-state index in [-0.39, 0.29) is 5.91 Å². The molecule has 0 aliphatic carbocycles. The number of carbonyl (C=O) groups excluding carboxylic acids is 1. The molecule has 122 valence electrons. The first kappa shape index (κ1) is 17.0. The molecule has 0 fully saturated rings. The first-order chi connectivity index (χ1) is 10.7. The van der Waals surface area contributed by atoms with Crippen LogP contribution in [0.1, 0.15) is 27.0 Å². The normalized spacial score (nSPS) is 11.1. The minimum absolute atomic E-state index is 0.229.